The average molecular weight is 330 g/mol. The second-order valence-electron chi connectivity index (χ2n) is 3.91. The summed E-state index contributed by atoms with van der Waals surface area (Å²) >= 11 is 4.98. The largest absolute Gasteiger partial charge is 0.330 e. The van der Waals surface area contributed by atoms with E-state index < -0.39 is 0 Å². The molecular weight excluding hydrogens is 322 g/mol. The number of rotatable bonds is 2. The van der Waals surface area contributed by atoms with E-state index in [4.69, 9.17) is 5.26 Å². The van der Waals surface area contributed by atoms with Crippen molar-refractivity contribution in [2.75, 3.05) is 5.32 Å². The number of aromatic nitrogens is 1. The lowest BCUT2D eigenvalue weighted by molar-refractivity contribution is 1.41. The van der Waals surface area contributed by atoms with Gasteiger partial charge in [-0.2, -0.15) is 5.26 Å². The minimum absolute atomic E-state index is 0.599. The highest BCUT2D eigenvalue weighted by Crippen LogP contribution is 2.30. The lowest BCUT2D eigenvalue weighted by atomic mass is 10.2. The normalized spacial score (nSPS) is 10.3. The van der Waals surface area contributed by atoms with Gasteiger partial charge in [0.05, 0.1) is 21.5 Å². The van der Waals surface area contributed by atoms with Crippen LogP contribution in [0.1, 0.15) is 5.56 Å². The molecule has 1 aromatic heterocycles. The maximum atomic E-state index is 9.10. The van der Waals surface area contributed by atoms with E-state index in [2.05, 4.69) is 32.3 Å². The molecule has 0 aliphatic heterocycles. The fraction of sp³-hybridized carbons (Fsp3) is 0. The van der Waals surface area contributed by atoms with Crippen LogP contribution in [0.2, 0.25) is 0 Å². The van der Waals surface area contributed by atoms with Crippen LogP contribution in [0.15, 0.2) is 46.9 Å². The number of hydrogen-bond donors (Lipinski definition) is 1. The third-order valence-corrected chi connectivity index (χ3v) is 4.08. The van der Waals surface area contributed by atoms with E-state index in [9.17, 15) is 0 Å². The summed E-state index contributed by atoms with van der Waals surface area (Å²) in [5.41, 5.74) is 2.32. The van der Waals surface area contributed by atoms with Gasteiger partial charge in [-0.1, -0.05) is 39.4 Å². The Kier molecular flexibility index (Phi) is 3.20. The summed E-state index contributed by atoms with van der Waals surface area (Å²) in [4.78, 5) is 4.50. The van der Waals surface area contributed by atoms with Gasteiger partial charge in [-0.25, -0.2) is 4.98 Å². The van der Waals surface area contributed by atoms with Crippen molar-refractivity contribution in [2.45, 2.75) is 0 Å². The first-order chi connectivity index (χ1) is 9.26. The van der Waals surface area contributed by atoms with E-state index in [-0.39, 0.29) is 0 Å². The second-order valence-corrected chi connectivity index (χ2v) is 5.86. The highest BCUT2D eigenvalue weighted by molar-refractivity contribution is 9.10. The van der Waals surface area contributed by atoms with Gasteiger partial charge in [0.15, 0.2) is 5.13 Å². The number of para-hydroxylation sites is 1. The van der Waals surface area contributed by atoms with Crippen molar-refractivity contribution in [3.8, 4) is 6.07 Å². The molecule has 3 aromatic rings. The minimum atomic E-state index is 0.599. The Bertz CT molecular complexity index is 756. The third kappa shape index (κ3) is 2.46. The van der Waals surface area contributed by atoms with Gasteiger partial charge in [0.1, 0.15) is 6.07 Å². The number of anilines is 2. The molecule has 0 amide bonds. The van der Waals surface area contributed by atoms with Crippen LogP contribution in [0.5, 0.6) is 0 Å². The molecule has 2 aromatic carbocycles. The molecule has 1 N–H and O–H groups in total. The smallest absolute Gasteiger partial charge is 0.188 e. The van der Waals surface area contributed by atoms with Crippen molar-refractivity contribution in [1.29, 1.82) is 5.26 Å². The van der Waals surface area contributed by atoms with Crippen molar-refractivity contribution in [3.63, 3.8) is 0 Å². The lowest BCUT2D eigenvalue weighted by Crippen LogP contribution is -1.92. The molecule has 0 spiro atoms. The molecule has 3 rings (SSSR count). The Morgan fingerprint density at radius 3 is 2.84 bits per heavy atom. The number of nitriles is 1. The summed E-state index contributed by atoms with van der Waals surface area (Å²) in [5.74, 6) is 0. The van der Waals surface area contributed by atoms with Crippen LogP contribution in [0.4, 0.5) is 10.8 Å². The molecule has 92 valence electrons. The van der Waals surface area contributed by atoms with Gasteiger partial charge in [0, 0.05) is 4.47 Å². The molecular formula is C14H8BrN3S. The van der Waals surface area contributed by atoms with Gasteiger partial charge in [-0.15, -0.1) is 0 Å². The summed E-state index contributed by atoms with van der Waals surface area (Å²) in [6.07, 6.45) is 0. The van der Waals surface area contributed by atoms with Crippen LogP contribution >= 0.6 is 27.3 Å². The van der Waals surface area contributed by atoms with Crippen LogP contribution < -0.4 is 5.32 Å². The highest BCUT2D eigenvalue weighted by Gasteiger charge is 2.07. The summed E-state index contributed by atoms with van der Waals surface area (Å²) in [7, 11) is 0. The monoisotopic (exact) mass is 329 g/mol. The molecule has 0 aliphatic rings. The molecule has 0 saturated heterocycles. The molecule has 3 nitrogen and oxygen atoms in total. The van der Waals surface area contributed by atoms with Gasteiger partial charge in [0.2, 0.25) is 0 Å². The van der Waals surface area contributed by atoms with Gasteiger partial charge in [-0.3, -0.25) is 0 Å². The molecule has 0 unspecified atom stereocenters. The lowest BCUT2D eigenvalue weighted by Gasteiger charge is -2.05. The van der Waals surface area contributed by atoms with Crippen LogP contribution in [0.3, 0.4) is 0 Å². The van der Waals surface area contributed by atoms with E-state index in [0.717, 1.165) is 25.5 Å². The Hall–Kier alpha value is -1.90. The number of thiazole rings is 1. The molecule has 5 heteroatoms. The van der Waals surface area contributed by atoms with Crippen LogP contribution in [0, 0.1) is 11.3 Å². The van der Waals surface area contributed by atoms with E-state index in [1.54, 1.807) is 17.4 Å². The molecule has 0 fully saturated rings. The van der Waals surface area contributed by atoms with Crippen molar-refractivity contribution in [2.24, 2.45) is 0 Å². The number of nitrogens with one attached hydrogen (secondary N) is 1. The molecule has 1 heterocycles. The maximum absolute atomic E-state index is 9.10. The van der Waals surface area contributed by atoms with E-state index >= 15 is 0 Å². The van der Waals surface area contributed by atoms with Gasteiger partial charge < -0.3 is 5.32 Å². The van der Waals surface area contributed by atoms with E-state index in [1.165, 1.54) is 0 Å². The first-order valence-electron chi connectivity index (χ1n) is 5.58. The first-order valence-corrected chi connectivity index (χ1v) is 7.19. The SMILES string of the molecule is N#Cc1ccc(Br)cc1Nc1nc2ccccc2s1. The van der Waals surface area contributed by atoms with E-state index in [0.29, 0.717) is 5.56 Å². The van der Waals surface area contributed by atoms with Crippen LogP contribution in [-0.2, 0) is 0 Å². The third-order valence-electron chi connectivity index (χ3n) is 2.64. The number of fused-ring (bicyclic) bond motifs is 1. The predicted molar refractivity (Wildman–Crippen MR) is 81.8 cm³/mol. The van der Waals surface area contributed by atoms with Crippen molar-refractivity contribution in [1.82, 2.24) is 4.98 Å². The van der Waals surface area contributed by atoms with Crippen LogP contribution in [-0.4, -0.2) is 4.98 Å². The summed E-state index contributed by atoms with van der Waals surface area (Å²) in [5, 5.41) is 13.1. The fourth-order valence-corrected chi connectivity index (χ4v) is 3.00. The minimum Gasteiger partial charge on any atom is -0.330 e. The number of benzene rings is 2. The zero-order chi connectivity index (χ0) is 13.2. The summed E-state index contributed by atoms with van der Waals surface area (Å²) < 4.78 is 2.05. The fourth-order valence-electron chi connectivity index (χ4n) is 1.76. The van der Waals surface area contributed by atoms with Crippen molar-refractivity contribution < 1.29 is 0 Å². The Labute approximate surface area is 122 Å². The molecule has 19 heavy (non-hydrogen) atoms. The number of nitrogens with zero attached hydrogens (tertiary/aromatic N) is 2. The van der Waals surface area contributed by atoms with Gasteiger partial charge >= 0.3 is 0 Å². The molecule has 0 aliphatic carbocycles. The highest BCUT2D eigenvalue weighted by atomic mass is 79.9. The standard InChI is InChI=1S/C14H8BrN3S/c15-10-6-5-9(8-16)12(7-10)18-14-17-11-3-1-2-4-13(11)19-14/h1-7H,(H,17,18). The first kappa shape index (κ1) is 12.2. The zero-order valence-corrected chi connectivity index (χ0v) is 12.1. The van der Waals surface area contributed by atoms with Gasteiger partial charge in [-0.05, 0) is 30.3 Å². The molecule has 0 atom stereocenters. The van der Waals surface area contributed by atoms with E-state index in [1.807, 2.05) is 36.4 Å². The Morgan fingerprint density at radius 2 is 2.05 bits per heavy atom. The zero-order valence-electron chi connectivity index (χ0n) is 9.72. The van der Waals surface area contributed by atoms with Crippen LogP contribution in [0.25, 0.3) is 10.2 Å². The number of halogens is 1. The molecule has 0 bridgehead atoms. The quantitative estimate of drug-likeness (QED) is 0.742. The average Bonchev–Trinajstić information content (AvgIpc) is 2.81. The Morgan fingerprint density at radius 1 is 1.21 bits per heavy atom. The van der Waals surface area contributed by atoms with Crippen molar-refractivity contribution >= 4 is 48.3 Å². The van der Waals surface area contributed by atoms with Gasteiger partial charge in [0.25, 0.3) is 0 Å². The summed E-state index contributed by atoms with van der Waals surface area (Å²) in [6, 6.07) is 15.6. The summed E-state index contributed by atoms with van der Waals surface area (Å²) in [6.45, 7) is 0. The molecule has 0 radical (unpaired) electrons. The second kappa shape index (κ2) is 5.00. The predicted octanol–water partition coefficient (Wildman–Crippen LogP) is 4.67. The number of hydrogen-bond acceptors (Lipinski definition) is 4. The Balaban J connectivity index is 2.01. The maximum Gasteiger partial charge on any atom is 0.188 e. The molecule has 0 saturated carbocycles. The topological polar surface area (TPSA) is 48.7 Å². The van der Waals surface area contributed by atoms with Crippen molar-refractivity contribution in [3.05, 3.63) is 52.5 Å².